The number of carbonyl (C=O) groups excluding carboxylic acids is 3. The Hall–Kier alpha value is -5.68. The van der Waals surface area contributed by atoms with E-state index in [1.54, 1.807) is 72.8 Å². The smallest absolute Gasteiger partial charge is 0.272 e. The molecule has 0 fully saturated rings. The highest BCUT2D eigenvalue weighted by molar-refractivity contribution is 8.00. The van der Waals surface area contributed by atoms with Gasteiger partial charge in [-0.3, -0.25) is 14.4 Å². The molecule has 1 aromatic heterocycles. The zero-order valence-electron chi connectivity index (χ0n) is 27.2. The van der Waals surface area contributed by atoms with Crippen molar-refractivity contribution in [1.82, 2.24) is 10.3 Å². The van der Waals surface area contributed by atoms with Crippen molar-refractivity contribution in [1.29, 1.82) is 0 Å². The van der Waals surface area contributed by atoms with Gasteiger partial charge in [-0.2, -0.15) is 0 Å². The second kappa shape index (κ2) is 16.8. The Bertz CT molecular complexity index is 2170. The molecule has 0 spiro atoms. The molecule has 0 saturated carbocycles. The lowest BCUT2D eigenvalue weighted by atomic mass is 10.1. The van der Waals surface area contributed by atoms with E-state index in [0.29, 0.717) is 32.7 Å². The molecule has 6 aromatic rings. The van der Waals surface area contributed by atoms with Crippen molar-refractivity contribution >= 4 is 69.3 Å². The number of halogens is 1. The van der Waals surface area contributed by atoms with Crippen LogP contribution in [0.15, 0.2) is 149 Å². The number of thiazole rings is 1. The van der Waals surface area contributed by atoms with Crippen LogP contribution in [0.4, 0.5) is 10.8 Å². The Labute approximate surface area is 308 Å². The molecule has 5 aromatic carbocycles. The molecule has 6 rings (SSSR count). The summed E-state index contributed by atoms with van der Waals surface area (Å²) in [5, 5.41) is 11.0. The number of rotatable bonds is 12. The minimum absolute atomic E-state index is 0.0226. The van der Waals surface area contributed by atoms with Crippen LogP contribution in [0.3, 0.4) is 0 Å². The van der Waals surface area contributed by atoms with Crippen LogP contribution in [0.2, 0.25) is 5.02 Å². The van der Waals surface area contributed by atoms with Gasteiger partial charge >= 0.3 is 0 Å². The first-order valence-electron chi connectivity index (χ1n) is 15.7. The number of benzene rings is 5. The van der Waals surface area contributed by atoms with Gasteiger partial charge in [-0.05, 0) is 60.2 Å². The SMILES string of the molecule is COc1ccccc1/C=C(/NC(=O)c1ccccc1)C(=O)Nc1cccc(SC(C(=O)Nc2nc(-c3ccc(Cl)cc3)cs2)c2ccccc2)c1. The minimum Gasteiger partial charge on any atom is -0.496 e. The van der Waals surface area contributed by atoms with Gasteiger partial charge in [-0.1, -0.05) is 96.5 Å². The highest BCUT2D eigenvalue weighted by atomic mass is 35.5. The van der Waals surface area contributed by atoms with Crippen LogP contribution in [0.5, 0.6) is 5.75 Å². The van der Waals surface area contributed by atoms with Crippen LogP contribution >= 0.6 is 34.7 Å². The maximum atomic E-state index is 13.8. The molecule has 0 bridgehead atoms. The average molecular weight is 731 g/mol. The van der Waals surface area contributed by atoms with Crippen LogP contribution in [-0.2, 0) is 9.59 Å². The number of para-hydroxylation sites is 1. The normalized spacial score (nSPS) is 11.7. The molecule has 0 aliphatic heterocycles. The Morgan fingerprint density at radius 3 is 2.27 bits per heavy atom. The number of nitrogens with zero attached hydrogens (tertiary/aromatic N) is 1. The molecular weight excluding hydrogens is 700 g/mol. The predicted octanol–water partition coefficient (Wildman–Crippen LogP) is 9.35. The van der Waals surface area contributed by atoms with E-state index >= 15 is 0 Å². The molecule has 0 radical (unpaired) electrons. The van der Waals surface area contributed by atoms with Gasteiger partial charge in [0.05, 0.1) is 12.8 Å². The minimum atomic E-state index is -0.633. The Morgan fingerprint density at radius 2 is 1.53 bits per heavy atom. The van der Waals surface area contributed by atoms with Crippen molar-refractivity contribution in [3.8, 4) is 17.0 Å². The van der Waals surface area contributed by atoms with Gasteiger partial charge in [0.25, 0.3) is 11.8 Å². The number of ether oxygens (including phenoxy) is 1. The molecule has 0 aliphatic rings. The van der Waals surface area contributed by atoms with E-state index in [9.17, 15) is 14.4 Å². The van der Waals surface area contributed by atoms with Crippen molar-refractivity contribution < 1.29 is 19.1 Å². The predicted molar refractivity (Wildman–Crippen MR) is 206 cm³/mol. The molecule has 254 valence electrons. The monoisotopic (exact) mass is 730 g/mol. The number of hydrogen-bond acceptors (Lipinski definition) is 7. The fraction of sp³-hybridized carbons (Fsp3) is 0.0500. The molecule has 11 heteroatoms. The van der Waals surface area contributed by atoms with Crippen molar-refractivity contribution in [2.75, 3.05) is 17.7 Å². The fourth-order valence-electron chi connectivity index (χ4n) is 5.02. The van der Waals surface area contributed by atoms with Gasteiger partial charge in [0, 0.05) is 37.7 Å². The summed E-state index contributed by atoms with van der Waals surface area (Å²) < 4.78 is 5.47. The molecule has 0 aliphatic carbocycles. The second-order valence-electron chi connectivity index (χ2n) is 11.0. The van der Waals surface area contributed by atoms with Gasteiger partial charge in [-0.25, -0.2) is 4.98 Å². The number of methoxy groups -OCH3 is 1. The lowest BCUT2D eigenvalue weighted by Crippen LogP contribution is -2.30. The Balaban J connectivity index is 1.22. The number of nitrogens with one attached hydrogen (secondary N) is 3. The molecule has 1 heterocycles. The lowest BCUT2D eigenvalue weighted by Gasteiger charge is -2.17. The number of hydrogen-bond donors (Lipinski definition) is 3. The van der Waals surface area contributed by atoms with Crippen LogP contribution in [0, 0.1) is 0 Å². The maximum absolute atomic E-state index is 13.8. The maximum Gasteiger partial charge on any atom is 0.272 e. The van der Waals surface area contributed by atoms with Gasteiger partial charge < -0.3 is 20.7 Å². The zero-order chi connectivity index (χ0) is 35.6. The number of amides is 3. The summed E-state index contributed by atoms with van der Waals surface area (Å²) in [4.78, 5) is 46.0. The van der Waals surface area contributed by atoms with Crippen LogP contribution in [0.25, 0.3) is 17.3 Å². The van der Waals surface area contributed by atoms with Gasteiger partial charge in [0.2, 0.25) is 5.91 Å². The summed E-state index contributed by atoms with van der Waals surface area (Å²) >= 11 is 8.71. The molecule has 0 saturated heterocycles. The third-order valence-corrected chi connectivity index (χ3v) is 9.79. The summed E-state index contributed by atoms with van der Waals surface area (Å²) in [7, 11) is 1.54. The van der Waals surface area contributed by atoms with E-state index in [-0.39, 0.29) is 11.6 Å². The van der Waals surface area contributed by atoms with E-state index in [0.717, 1.165) is 21.7 Å². The van der Waals surface area contributed by atoms with Crippen molar-refractivity contribution in [2.24, 2.45) is 0 Å². The number of anilines is 2. The second-order valence-corrected chi connectivity index (χ2v) is 13.5. The topological polar surface area (TPSA) is 109 Å². The summed E-state index contributed by atoms with van der Waals surface area (Å²) in [6.07, 6.45) is 1.57. The van der Waals surface area contributed by atoms with Gasteiger partial charge in [0.1, 0.15) is 16.7 Å². The molecule has 1 unspecified atom stereocenters. The fourth-order valence-corrected chi connectivity index (χ4v) is 6.95. The Morgan fingerprint density at radius 1 is 0.824 bits per heavy atom. The number of thioether (sulfide) groups is 1. The average Bonchev–Trinajstić information content (AvgIpc) is 3.63. The molecule has 3 amide bonds. The molecular formula is C40H31ClN4O4S2. The highest BCUT2D eigenvalue weighted by Gasteiger charge is 2.24. The summed E-state index contributed by atoms with van der Waals surface area (Å²) in [6, 6.07) is 39.8. The zero-order valence-corrected chi connectivity index (χ0v) is 29.6. The summed E-state index contributed by atoms with van der Waals surface area (Å²) in [6.45, 7) is 0. The molecule has 8 nitrogen and oxygen atoms in total. The largest absolute Gasteiger partial charge is 0.496 e. The number of aromatic nitrogens is 1. The highest BCUT2D eigenvalue weighted by Crippen LogP contribution is 2.38. The summed E-state index contributed by atoms with van der Waals surface area (Å²) in [5.74, 6) is -0.680. The first-order chi connectivity index (χ1) is 24.9. The third-order valence-electron chi connectivity index (χ3n) is 7.53. The first-order valence-corrected chi connectivity index (χ1v) is 17.9. The van der Waals surface area contributed by atoms with E-state index in [2.05, 4.69) is 20.9 Å². The van der Waals surface area contributed by atoms with E-state index in [1.165, 1.54) is 30.2 Å². The lowest BCUT2D eigenvalue weighted by molar-refractivity contribution is -0.116. The quantitative estimate of drug-likeness (QED) is 0.0856. The van der Waals surface area contributed by atoms with Gasteiger partial charge in [-0.15, -0.1) is 23.1 Å². The van der Waals surface area contributed by atoms with Gasteiger partial charge in [0.15, 0.2) is 5.13 Å². The molecule has 3 N–H and O–H groups in total. The standard InChI is InChI=1S/C40H31ClN4O4S2/c1-49-35-18-9-8-15-29(35)23-33(43-37(46)28-13-6-3-7-14-28)38(47)42-31-16-10-17-32(24-31)51-36(27-11-4-2-5-12-27)39(48)45-40-44-34(25-50-40)26-19-21-30(41)22-20-26/h2-25,36H,1H3,(H,42,47)(H,43,46)(H,44,45,48)/b33-23+. The van der Waals surface area contributed by atoms with Crippen LogP contribution < -0.4 is 20.7 Å². The molecule has 51 heavy (non-hydrogen) atoms. The summed E-state index contributed by atoms with van der Waals surface area (Å²) in [5.41, 5.74) is 3.94. The van der Waals surface area contributed by atoms with E-state index in [4.69, 9.17) is 16.3 Å². The van der Waals surface area contributed by atoms with Crippen molar-refractivity contribution in [3.05, 3.63) is 166 Å². The van der Waals surface area contributed by atoms with Crippen molar-refractivity contribution in [3.63, 3.8) is 0 Å². The van der Waals surface area contributed by atoms with Crippen molar-refractivity contribution in [2.45, 2.75) is 10.1 Å². The first kappa shape index (κ1) is 35.2. The van der Waals surface area contributed by atoms with E-state index in [1.807, 2.05) is 72.1 Å². The van der Waals surface area contributed by atoms with E-state index < -0.39 is 17.1 Å². The molecule has 1 atom stereocenters. The number of carbonyl (C=O) groups is 3. The third kappa shape index (κ3) is 9.31. The van der Waals surface area contributed by atoms with Crippen LogP contribution in [-0.4, -0.2) is 29.8 Å². The van der Waals surface area contributed by atoms with Crippen LogP contribution in [0.1, 0.15) is 26.7 Å². The Kier molecular flexibility index (Phi) is 11.6.